The number of benzene rings is 4. The van der Waals surface area contributed by atoms with Gasteiger partial charge in [-0.15, -0.1) is 0 Å². The smallest absolute Gasteiger partial charge is 0.340 e. The van der Waals surface area contributed by atoms with Crippen molar-refractivity contribution in [2.45, 2.75) is 4.90 Å². The van der Waals surface area contributed by atoms with Crippen molar-refractivity contribution in [1.82, 2.24) is 0 Å². The maximum absolute atomic E-state index is 13.4. The first-order valence-electron chi connectivity index (χ1n) is 10.5. The number of ketones is 1. The first kappa shape index (κ1) is 26.2. The minimum absolute atomic E-state index is 0.0608. The summed E-state index contributed by atoms with van der Waals surface area (Å²) in [5.74, 6) is -5.14. The minimum atomic E-state index is -4.98. The summed E-state index contributed by atoms with van der Waals surface area (Å²) in [4.78, 5) is 16.9. The third kappa shape index (κ3) is 4.56. The maximum atomic E-state index is 13.4. The lowest BCUT2D eigenvalue weighted by Crippen LogP contribution is -2.11. The number of nitrogens with zero attached hydrogens (tertiary/aromatic N) is 6. The summed E-state index contributed by atoms with van der Waals surface area (Å²) in [5, 5.41) is 56.0. The van der Waals surface area contributed by atoms with Gasteiger partial charge in [0, 0.05) is 26.2 Å². The Labute approximate surface area is 217 Å². The van der Waals surface area contributed by atoms with E-state index in [2.05, 4.69) is 20.1 Å². The van der Waals surface area contributed by atoms with E-state index < -0.39 is 66.3 Å². The fraction of sp³-hybridized carbons (Fsp3) is 0. The molecular weight excluding hydrogens is 536 g/mol. The summed E-state index contributed by atoms with van der Waals surface area (Å²) < 4.78 is 31.8. The van der Waals surface area contributed by atoms with Gasteiger partial charge in [0.05, 0.1) is 11.3 Å². The lowest BCUT2D eigenvalue weighted by molar-refractivity contribution is 0.103. The summed E-state index contributed by atoms with van der Waals surface area (Å²) in [6, 6.07) is 10.1. The number of phenols is 5. The first-order valence-corrected chi connectivity index (χ1v) is 11.9. The Kier molecular flexibility index (Phi) is 6.67. The Bertz CT molecular complexity index is 1880. The average molecular weight is 550 g/mol. The fourth-order valence-corrected chi connectivity index (χ4v) is 4.99. The van der Waals surface area contributed by atoms with Crippen LogP contribution in [0.1, 0.15) is 15.9 Å². The molecule has 0 saturated carbocycles. The zero-order valence-corrected chi connectivity index (χ0v) is 20.0. The lowest BCUT2D eigenvalue weighted by atomic mass is 10.0. The number of phenolic OH excluding ortho intramolecular Hbond substituents is 5. The molecule has 15 nitrogen and oxygen atoms in total. The van der Waals surface area contributed by atoms with Crippen molar-refractivity contribution in [2.24, 2.45) is 10.2 Å². The summed E-state index contributed by atoms with van der Waals surface area (Å²) in [5.41, 5.74) is 16.0. The second-order valence-electron chi connectivity index (χ2n) is 7.67. The Morgan fingerprint density at radius 2 is 1.41 bits per heavy atom. The van der Waals surface area contributed by atoms with Gasteiger partial charge < -0.3 is 29.7 Å². The molecule has 4 aromatic rings. The normalized spacial score (nSPS) is 10.9. The molecule has 5 N–H and O–H groups in total. The van der Waals surface area contributed by atoms with Crippen LogP contribution in [-0.4, -0.2) is 39.7 Å². The molecule has 0 spiro atoms. The van der Waals surface area contributed by atoms with E-state index in [0.29, 0.717) is 0 Å². The Morgan fingerprint density at radius 1 is 0.769 bits per heavy atom. The molecule has 0 aromatic heterocycles. The number of azide groups is 2. The third-order valence-corrected chi connectivity index (χ3v) is 6.73. The fourth-order valence-electron chi connectivity index (χ4n) is 3.71. The first-order chi connectivity index (χ1) is 18.5. The van der Waals surface area contributed by atoms with E-state index in [4.69, 9.17) is 15.2 Å². The number of aromatic hydroxyl groups is 5. The van der Waals surface area contributed by atoms with Gasteiger partial charge in [0.25, 0.3) is 0 Å². The molecule has 0 bridgehead atoms. The predicted octanol–water partition coefficient (Wildman–Crippen LogP) is 5.25. The Morgan fingerprint density at radius 3 is 2.05 bits per heavy atom. The van der Waals surface area contributed by atoms with Gasteiger partial charge in [-0.25, -0.2) is 0 Å². The molecule has 0 unspecified atom stereocenters. The van der Waals surface area contributed by atoms with Crippen LogP contribution >= 0.6 is 0 Å². The molecule has 0 saturated heterocycles. The van der Waals surface area contributed by atoms with Gasteiger partial charge in [-0.1, -0.05) is 22.4 Å². The molecular formula is C23H14N6O9S. The average Bonchev–Trinajstić information content (AvgIpc) is 2.90. The molecule has 4 rings (SSSR count). The highest BCUT2D eigenvalue weighted by Gasteiger charge is 2.30. The molecule has 0 amide bonds. The number of hydrogen-bond donors (Lipinski definition) is 5. The van der Waals surface area contributed by atoms with Gasteiger partial charge in [-0.2, -0.15) is 8.42 Å². The lowest BCUT2D eigenvalue weighted by Gasteiger charge is -2.16. The van der Waals surface area contributed by atoms with E-state index in [1.807, 2.05) is 0 Å². The molecule has 0 aliphatic carbocycles. The van der Waals surface area contributed by atoms with Crippen LogP contribution in [0.5, 0.6) is 34.5 Å². The van der Waals surface area contributed by atoms with Gasteiger partial charge in [0.15, 0.2) is 17.3 Å². The van der Waals surface area contributed by atoms with E-state index >= 15 is 0 Å². The van der Waals surface area contributed by atoms with Crippen LogP contribution in [0.25, 0.3) is 31.7 Å². The van der Waals surface area contributed by atoms with Crippen molar-refractivity contribution < 1.29 is 42.9 Å². The number of fused-ring (bicyclic) bond motifs is 1. The summed E-state index contributed by atoms with van der Waals surface area (Å²) in [6.07, 6.45) is 0. The van der Waals surface area contributed by atoms with Crippen molar-refractivity contribution >= 4 is 38.0 Å². The molecule has 0 aliphatic rings. The summed E-state index contributed by atoms with van der Waals surface area (Å²) >= 11 is 0. The van der Waals surface area contributed by atoms with E-state index in [0.717, 1.165) is 42.5 Å². The molecule has 0 fully saturated rings. The van der Waals surface area contributed by atoms with Crippen LogP contribution in [0.15, 0.2) is 69.7 Å². The molecule has 0 aliphatic heterocycles. The largest absolute Gasteiger partial charge is 0.507 e. The van der Waals surface area contributed by atoms with Gasteiger partial charge in [-0.05, 0) is 53.5 Å². The number of rotatable bonds is 7. The molecule has 39 heavy (non-hydrogen) atoms. The zero-order chi connectivity index (χ0) is 28.5. The highest BCUT2D eigenvalue weighted by molar-refractivity contribution is 7.87. The van der Waals surface area contributed by atoms with Crippen LogP contribution in [0.4, 0.5) is 11.4 Å². The van der Waals surface area contributed by atoms with Gasteiger partial charge in [0.1, 0.15) is 27.8 Å². The van der Waals surface area contributed by atoms with E-state index in [9.17, 15) is 38.7 Å². The van der Waals surface area contributed by atoms with Crippen molar-refractivity contribution in [3.8, 4) is 34.5 Å². The van der Waals surface area contributed by atoms with Crippen molar-refractivity contribution in [2.75, 3.05) is 0 Å². The standard InChI is InChI=1S/C23H14N6O9S/c24-28-26-17-12-2-1-3-14(30)16(12)23(18(22(17)35)27-29-25)39(36,37)38-11-6-4-10(5-7-11)19(32)13-8-9-15(31)21(34)20(13)33/h1-9,30-31,33-35H. The van der Waals surface area contributed by atoms with Crippen LogP contribution in [-0.2, 0) is 10.1 Å². The molecule has 4 aromatic carbocycles. The van der Waals surface area contributed by atoms with E-state index in [-0.39, 0.29) is 22.3 Å². The van der Waals surface area contributed by atoms with Gasteiger partial charge in [-0.3, -0.25) is 4.79 Å². The highest BCUT2D eigenvalue weighted by atomic mass is 32.2. The number of carbonyl (C=O) groups excluding carboxylic acids is 1. The van der Waals surface area contributed by atoms with Crippen molar-refractivity contribution in [1.29, 1.82) is 0 Å². The minimum Gasteiger partial charge on any atom is -0.507 e. The van der Waals surface area contributed by atoms with Gasteiger partial charge >= 0.3 is 10.1 Å². The SMILES string of the molecule is [N-]=[N+]=Nc1c(O)c(N=[N+]=[N-])c2cccc(O)c2c1S(=O)(=O)Oc1ccc(C(=O)c2ccc(O)c(O)c2O)cc1. The molecule has 0 atom stereocenters. The van der Waals surface area contributed by atoms with Crippen molar-refractivity contribution in [3.05, 3.63) is 86.6 Å². The summed E-state index contributed by atoms with van der Waals surface area (Å²) in [6.45, 7) is 0. The van der Waals surface area contributed by atoms with Crippen molar-refractivity contribution in [3.63, 3.8) is 0 Å². The Balaban J connectivity index is 1.81. The van der Waals surface area contributed by atoms with Crippen LogP contribution in [0.3, 0.4) is 0 Å². The monoisotopic (exact) mass is 550 g/mol. The quantitative estimate of drug-likeness (QED) is 0.0501. The van der Waals surface area contributed by atoms with E-state index in [1.165, 1.54) is 12.1 Å². The second kappa shape index (κ2) is 9.91. The Hall–Kier alpha value is -5.82. The summed E-state index contributed by atoms with van der Waals surface area (Å²) in [7, 11) is -4.98. The zero-order valence-electron chi connectivity index (χ0n) is 19.2. The van der Waals surface area contributed by atoms with Gasteiger partial charge in [0.2, 0.25) is 5.75 Å². The topological polar surface area (TPSA) is 259 Å². The molecule has 0 radical (unpaired) electrons. The van der Waals surface area contributed by atoms with Crippen LogP contribution < -0.4 is 4.18 Å². The number of hydrogen-bond acceptors (Lipinski definition) is 11. The second-order valence-corrected chi connectivity index (χ2v) is 9.16. The molecule has 196 valence electrons. The van der Waals surface area contributed by atoms with Crippen LogP contribution in [0, 0.1) is 0 Å². The molecule has 0 heterocycles. The predicted molar refractivity (Wildman–Crippen MR) is 134 cm³/mol. The van der Waals surface area contributed by atoms with E-state index in [1.54, 1.807) is 0 Å². The molecule has 16 heteroatoms. The third-order valence-electron chi connectivity index (χ3n) is 5.42. The number of carbonyl (C=O) groups is 1. The van der Waals surface area contributed by atoms with Crippen LogP contribution in [0.2, 0.25) is 0 Å². The highest BCUT2D eigenvalue weighted by Crippen LogP contribution is 2.51. The maximum Gasteiger partial charge on any atom is 0.340 e.